The lowest BCUT2D eigenvalue weighted by Crippen LogP contribution is -2.38. The molecule has 3 aromatic rings. The molecule has 0 spiro atoms. The zero-order valence-electron chi connectivity index (χ0n) is 16.4. The number of rotatable bonds is 5. The van der Waals surface area contributed by atoms with Crippen molar-refractivity contribution in [3.8, 4) is 11.3 Å². The Labute approximate surface area is 175 Å². The highest BCUT2D eigenvalue weighted by molar-refractivity contribution is 7.98. The Morgan fingerprint density at radius 3 is 2.48 bits per heavy atom. The minimum atomic E-state index is 0.0285. The Bertz CT molecular complexity index is 954. The third kappa shape index (κ3) is 4.77. The predicted molar refractivity (Wildman–Crippen MR) is 119 cm³/mol. The van der Waals surface area contributed by atoms with E-state index >= 15 is 0 Å². The first-order chi connectivity index (χ1) is 14.2. The van der Waals surface area contributed by atoms with Crippen molar-refractivity contribution in [3.63, 3.8) is 0 Å². The van der Waals surface area contributed by atoms with Gasteiger partial charge in [-0.25, -0.2) is 0 Å². The van der Waals surface area contributed by atoms with Crippen LogP contribution in [0.5, 0.6) is 0 Å². The Morgan fingerprint density at radius 1 is 1.00 bits per heavy atom. The van der Waals surface area contributed by atoms with Crippen LogP contribution in [0.2, 0.25) is 0 Å². The van der Waals surface area contributed by atoms with Crippen LogP contribution in [-0.2, 0) is 4.79 Å². The van der Waals surface area contributed by atoms with E-state index in [0.717, 1.165) is 53.6 Å². The Kier molecular flexibility index (Phi) is 6.10. The monoisotopic (exact) mass is 404 g/mol. The molecule has 0 atom stereocenters. The minimum Gasteiger partial charge on any atom is -0.355 e. The summed E-state index contributed by atoms with van der Waals surface area (Å²) in [4.78, 5) is 16.0. The molecule has 0 saturated carbocycles. The first kappa shape index (κ1) is 19.5. The van der Waals surface area contributed by atoms with Crippen LogP contribution >= 0.6 is 11.8 Å². The zero-order chi connectivity index (χ0) is 20.1. The van der Waals surface area contributed by atoms with E-state index in [9.17, 15) is 4.79 Å². The minimum absolute atomic E-state index is 0.0285. The average Bonchev–Trinajstić information content (AvgIpc) is 2.80. The van der Waals surface area contributed by atoms with Gasteiger partial charge in [0, 0.05) is 35.2 Å². The van der Waals surface area contributed by atoms with Gasteiger partial charge in [0.2, 0.25) is 5.91 Å². The summed E-state index contributed by atoms with van der Waals surface area (Å²) in [7, 11) is 0. The highest BCUT2D eigenvalue weighted by Gasteiger charge is 2.26. The quantitative estimate of drug-likeness (QED) is 0.624. The fourth-order valence-electron chi connectivity index (χ4n) is 3.57. The molecule has 0 radical (unpaired) electrons. The molecule has 2 aromatic carbocycles. The maximum absolute atomic E-state index is 12.6. The van der Waals surface area contributed by atoms with Crippen molar-refractivity contribution in [1.82, 2.24) is 10.2 Å². The van der Waals surface area contributed by atoms with Gasteiger partial charge in [0.05, 0.1) is 5.69 Å². The van der Waals surface area contributed by atoms with Crippen LogP contribution in [0.4, 0.5) is 11.5 Å². The van der Waals surface area contributed by atoms with Crippen LogP contribution in [-0.4, -0.2) is 35.4 Å². The number of aromatic nitrogens is 2. The second-order valence-electron chi connectivity index (χ2n) is 7.13. The van der Waals surface area contributed by atoms with Crippen molar-refractivity contribution in [2.24, 2.45) is 5.92 Å². The van der Waals surface area contributed by atoms with Crippen LogP contribution in [0, 0.1) is 5.92 Å². The lowest BCUT2D eigenvalue weighted by molar-refractivity contribution is -0.120. The smallest absolute Gasteiger partial charge is 0.227 e. The maximum atomic E-state index is 12.6. The molecular weight excluding hydrogens is 380 g/mol. The standard InChI is InChI=1S/C23H24N4OS/c1-29-20-9-5-8-19(16-20)24-23(28)18-12-14-27(15-13-18)22-11-10-21(25-26-22)17-6-3-2-4-7-17/h2-11,16,18H,12-15H2,1H3,(H,24,28). The normalized spacial score (nSPS) is 14.6. The first-order valence-corrected chi connectivity index (χ1v) is 11.0. The molecule has 6 heteroatoms. The van der Waals surface area contributed by atoms with E-state index < -0.39 is 0 Å². The van der Waals surface area contributed by atoms with Crippen molar-refractivity contribution in [3.05, 3.63) is 66.7 Å². The zero-order valence-corrected chi connectivity index (χ0v) is 17.2. The molecule has 1 amide bonds. The molecular formula is C23H24N4OS. The number of carbonyl (C=O) groups is 1. The molecule has 1 N–H and O–H groups in total. The van der Waals surface area contributed by atoms with E-state index in [2.05, 4.69) is 20.4 Å². The summed E-state index contributed by atoms with van der Waals surface area (Å²) in [6.45, 7) is 1.62. The number of carbonyl (C=O) groups excluding carboxylic acids is 1. The molecule has 2 heterocycles. The Morgan fingerprint density at radius 2 is 1.79 bits per heavy atom. The summed E-state index contributed by atoms with van der Waals surface area (Å²) < 4.78 is 0. The summed E-state index contributed by atoms with van der Waals surface area (Å²) in [5, 5.41) is 11.9. The van der Waals surface area contributed by atoms with Crippen molar-refractivity contribution >= 4 is 29.2 Å². The summed E-state index contributed by atoms with van der Waals surface area (Å²) in [6, 6.07) is 22.0. The van der Waals surface area contributed by atoms with Crippen molar-refractivity contribution in [2.45, 2.75) is 17.7 Å². The van der Waals surface area contributed by atoms with Gasteiger partial charge in [0.15, 0.2) is 5.82 Å². The van der Waals surface area contributed by atoms with Gasteiger partial charge in [0.1, 0.15) is 0 Å². The van der Waals surface area contributed by atoms with E-state index in [1.54, 1.807) is 11.8 Å². The third-order valence-electron chi connectivity index (χ3n) is 5.25. The van der Waals surface area contributed by atoms with E-state index in [0.29, 0.717) is 0 Å². The number of anilines is 2. The molecule has 4 rings (SSSR count). The first-order valence-electron chi connectivity index (χ1n) is 9.82. The molecule has 1 aliphatic heterocycles. The molecule has 148 valence electrons. The van der Waals surface area contributed by atoms with Crippen molar-refractivity contribution in [2.75, 3.05) is 29.6 Å². The van der Waals surface area contributed by atoms with E-state index in [-0.39, 0.29) is 11.8 Å². The molecule has 1 saturated heterocycles. The molecule has 29 heavy (non-hydrogen) atoms. The maximum Gasteiger partial charge on any atom is 0.227 e. The Hall–Kier alpha value is -2.86. The number of hydrogen-bond donors (Lipinski definition) is 1. The van der Waals surface area contributed by atoms with Gasteiger partial charge >= 0.3 is 0 Å². The number of nitrogens with zero attached hydrogens (tertiary/aromatic N) is 3. The summed E-state index contributed by atoms with van der Waals surface area (Å²) >= 11 is 1.67. The SMILES string of the molecule is CSc1cccc(NC(=O)C2CCN(c3ccc(-c4ccccc4)nn3)CC2)c1. The Balaban J connectivity index is 1.33. The third-order valence-corrected chi connectivity index (χ3v) is 5.97. The van der Waals surface area contributed by atoms with Crippen LogP contribution in [0.15, 0.2) is 71.6 Å². The van der Waals surface area contributed by atoms with E-state index in [1.165, 1.54) is 0 Å². The molecule has 0 bridgehead atoms. The topological polar surface area (TPSA) is 58.1 Å². The molecule has 1 aliphatic rings. The van der Waals surface area contributed by atoms with Crippen molar-refractivity contribution < 1.29 is 4.79 Å². The lowest BCUT2D eigenvalue weighted by atomic mass is 9.96. The molecule has 1 fully saturated rings. The van der Waals surface area contributed by atoms with Gasteiger partial charge in [-0.3, -0.25) is 4.79 Å². The lowest BCUT2D eigenvalue weighted by Gasteiger charge is -2.31. The number of thioether (sulfide) groups is 1. The van der Waals surface area contributed by atoms with Gasteiger partial charge in [-0.05, 0) is 49.4 Å². The number of hydrogen-bond acceptors (Lipinski definition) is 5. The number of nitrogens with one attached hydrogen (secondary N) is 1. The van der Waals surface area contributed by atoms with Crippen LogP contribution in [0.1, 0.15) is 12.8 Å². The highest BCUT2D eigenvalue weighted by Crippen LogP contribution is 2.25. The van der Waals surface area contributed by atoms with Gasteiger partial charge in [-0.15, -0.1) is 22.0 Å². The summed E-state index contributed by atoms with van der Waals surface area (Å²) in [5.74, 6) is 1.00. The molecule has 5 nitrogen and oxygen atoms in total. The van der Waals surface area contributed by atoms with Crippen LogP contribution < -0.4 is 10.2 Å². The summed E-state index contributed by atoms with van der Waals surface area (Å²) in [6.07, 6.45) is 3.66. The van der Waals surface area contributed by atoms with Crippen LogP contribution in [0.25, 0.3) is 11.3 Å². The largest absolute Gasteiger partial charge is 0.355 e. The highest BCUT2D eigenvalue weighted by atomic mass is 32.2. The van der Waals surface area contributed by atoms with Gasteiger partial charge < -0.3 is 10.2 Å². The molecule has 0 aliphatic carbocycles. The molecule has 0 unspecified atom stereocenters. The van der Waals surface area contributed by atoms with Gasteiger partial charge in [-0.2, -0.15) is 0 Å². The molecule has 1 aromatic heterocycles. The van der Waals surface area contributed by atoms with Crippen molar-refractivity contribution in [1.29, 1.82) is 0 Å². The van der Waals surface area contributed by atoms with E-state index in [1.807, 2.05) is 73.0 Å². The van der Waals surface area contributed by atoms with E-state index in [4.69, 9.17) is 0 Å². The predicted octanol–water partition coefficient (Wildman–Crippen LogP) is 4.72. The average molecular weight is 405 g/mol. The second-order valence-corrected chi connectivity index (χ2v) is 8.00. The van der Waals surface area contributed by atoms with Gasteiger partial charge in [-0.1, -0.05) is 36.4 Å². The number of benzene rings is 2. The number of piperidine rings is 1. The number of amides is 1. The van der Waals surface area contributed by atoms with Crippen LogP contribution in [0.3, 0.4) is 0 Å². The second kappa shape index (κ2) is 9.09. The summed E-state index contributed by atoms with van der Waals surface area (Å²) in [5.41, 5.74) is 2.80. The van der Waals surface area contributed by atoms with Gasteiger partial charge in [0.25, 0.3) is 0 Å². The fraction of sp³-hybridized carbons (Fsp3) is 0.261. The fourth-order valence-corrected chi connectivity index (χ4v) is 4.03.